The van der Waals surface area contributed by atoms with E-state index in [1.807, 2.05) is 12.1 Å². The molecule has 1 aliphatic heterocycles. The maximum atomic E-state index is 12.5. The predicted molar refractivity (Wildman–Crippen MR) is 98.3 cm³/mol. The molecule has 8 nitrogen and oxygen atoms in total. The lowest BCUT2D eigenvalue weighted by Crippen LogP contribution is -2.19. The predicted octanol–water partition coefficient (Wildman–Crippen LogP) is 2.60. The highest BCUT2D eigenvalue weighted by atomic mass is 16.7. The van der Waals surface area contributed by atoms with Gasteiger partial charge < -0.3 is 23.7 Å². The van der Waals surface area contributed by atoms with Crippen LogP contribution >= 0.6 is 0 Å². The molecule has 8 heteroatoms. The summed E-state index contributed by atoms with van der Waals surface area (Å²) < 4.78 is 26.4. The second-order valence-corrected chi connectivity index (χ2v) is 5.62. The molecule has 1 amide bonds. The summed E-state index contributed by atoms with van der Waals surface area (Å²) in [7, 11) is 4.47. The van der Waals surface area contributed by atoms with Crippen molar-refractivity contribution in [1.82, 2.24) is 5.43 Å². The minimum atomic E-state index is -0.408. The van der Waals surface area contributed by atoms with Crippen molar-refractivity contribution in [3.8, 4) is 28.7 Å². The summed E-state index contributed by atoms with van der Waals surface area (Å²) in [6, 6.07) is 8.58. The SMILES string of the molecule is COc1cc(C(=O)N/N=C(\C)c2ccc3c(c2)OCO3)cc(OC)c1OC. The van der Waals surface area contributed by atoms with Gasteiger partial charge in [0.05, 0.1) is 27.0 Å². The van der Waals surface area contributed by atoms with Crippen LogP contribution in [0.1, 0.15) is 22.8 Å². The maximum absolute atomic E-state index is 12.5. The summed E-state index contributed by atoms with van der Waals surface area (Å²) in [5.41, 5.74) is 4.28. The van der Waals surface area contributed by atoms with Gasteiger partial charge in [0.2, 0.25) is 12.5 Å². The first-order valence-electron chi connectivity index (χ1n) is 8.12. The van der Waals surface area contributed by atoms with Gasteiger partial charge in [0.15, 0.2) is 23.0 Å². The summed E-state index contributed by atoms with van der Waals surface area (Å²) >= 11 is 0. The zero-order valence-corrected chi connectivity index (χ0v) is 15.5. The van der Waals surface area contributed by atoms with Gasteiger partial charge in [-0.15, -0.1) is 0 Å². The monoisotopic (exact) mass is 372 g/mol. The van der Waals surface area contributed by atoms with Gasteiger partial charge in [-0.1, -0.05) is 0 Å². The molecule has 1 aliphatic rings. The molecule has 1 N–H and O–H groups in total. The Morgan fingerprint density at radius 2 is 1.63 bits per heavy atom. The third-order valence-electron chi connectivity index (χ3n) is 4.04. The molecule has 0 spiro atoms. The van der Waals surface area contributed by atoms with Crippen LogP contribution in [0, 0.1) is 0 Å². The number of hydrogen-bond donors (Lipinski definition) is 1. The molecule has 2 aromatic rings. The van der Waals surface area contributed by atoms with Crippen molar-refractivity contribution in [1.29, 1.82) is 0 Å². The summed E-state index contributed by atoms with van der Waals surface area (Å²) in [4.78, 5) is 12.5. The lowest BCUT2D eigenvalue weighted by molar-refractivity contribution is 0.0954. The Hall–Kier alpha value is -3.42. The van der Waals surface area contributed by atoms with Gasteiger partial charge >= 0.3 is 0 Å². The van der Waals surface area contributed by atoms with Crippen LogP contribution in [0.4, 0.5) is 0 Å². The first kappa shape index (κ1) is 18.4. The van der Waals surface area contributed by atoms with E-state index in [4.69, 9.17) is 23.7 Å². The summed E-state index contributed by atoms with van der Waals surface area (Å²) in [5.74, 6) is 2.12. The minimum Gasteiger partial charge on any atom is -0.493 e. The average Bonchev–Trinajstić information content (AvgIpc) is 3.18. The number of nitrogens with zero attached hydrogens (tertiary/aromatic N) is 1. The second-order valence-electron chi connectivity index (χ2n) is 5.62. The van der Waals surface area contributed by atoms with E-state index < -0.39 is 5.91 Å². The molecule has 142 valence electrons. The van der Waals surface area contributed by atoms with Crippen molar-refractivity contribution in [2.75, 3.05) is 28.1 Å². The van der Waals surface area contributed by atoms with E-state index in [0.29, 0.717) is 40.0 Å². The van der Waals surface area contributed by atoms with Gasteiger partial charge in [0.25, 0.3) is 5.91 Å². The fourth-order valence-corrected chi connectivity index (χ4v) is 2.60. The van der Waals surface area contributed by atoms with Crippen LogP contribution in [0.2, 0.25) is 0 Å². The van der Waals surface area contributed by atoms with Crippen molar-refractivity contribution >= 4 is 11.6 Å². The number of amides is 1. The minimum absolute atomic E-state index is 0.201. The Bertz CT molecular complexity index is 869. The van der Waals surface area contributed by atoms with Crippen molar-refractivity contribution in [3.05, 3.63) is 41.5 Å². The number of benzene rings is 2. The lowest BCUT2D eigenvalue weighted by Gasteiger charge is -2.13. The first-order chi connectivity index (χ1) is 13.1. The van der Waals surface area contributed by atoms with Crippen LogP contribution in [-0.4, -0.2) is 39.7 Å². The van der Waals surface area contributed by atoms with Crippen molar-refractivity contribution in [2.45, 2.75) is 6.92 Å². The van der Waals surface area contributed by atoms with Crippen LogP contribution < -0.4 is 29.1 Å². The van der Waals surface area contributed by atoms with E-state index in [0.717, 1.165) is 5.56 Å². The summed E-state index contributed by atoms with van der Waals surface area (Å²) in [6.45, 7) is 1.99. The average molecular weight is 372 g/mol. The number of hydrogen-bond acceptors (Lipinski definition) is 7. The Labute approximate surface area is 156 Å². The molecule has 0 unspecified atom stereocenters. The molecule has 0 bridgehead atoms. The standard InChI is InChI=1S/C19H20N2O6/c1-11(12-5-6-14-15(7-12)27-10-26-14)20-21-19(22)13-8-16(23-2)18(25-4)17(9-13)24-3/h5-9H,10H2,1-4H3,(H,21,22)/b20-11+. The largest absolute Gasteiger partial charge is 0.493 e. The highest BCUT2D eigenvalue weighted by Crippen LogP contribution is 2.38. The third kappa shape index (κ3) is 3.74. The van der Waals surface area contributed by atoms with Crippen LogP contribution in [0.5, 0.6) is 28.7 Å². The lowest BCUT2D eigenvalue weighted by atomic mass is 10.1. The molecule has 1 heterocycles. The number of methoxy groups -OCH3 is 3. The van der Waals surface area contributed by atoms with E-state index in [-0.39, 0.29) is 6.79 Å². The van der Waals surface area contributed by atoms with Gasteiger partial charge in [-0.2, -0.15) is 5.10 Å². The van der Waals surface area contributed by atoms with Crippen LogP contribution in [0.25, 0.3) is 0 Å². The van der Waals surface area contributed by atoms with Crippen LogP contribution in [0.3, 0.4) is 0 Å². The molecule has 0 fully saturated rings. The highest BCUT2D eigenvalue weighted by molar-refractivity contribution is 6.01. The van der Waals surface area contributed by atoms with Gasteiger partial charge in [-0.3, -0.25) is 4.79 Å². The first-order valence-corrected chi connectivity index (χ1v) is 8.12. The third-order valence-corrected chi connectivity index (χ3v) is 4.04. The Balaban J connectivity index is 1.79. The molecule has 27 heavy (non-hydrogen) atoms. The van der Waals surface area contributed by atoms with E-state index in [9.17, 15) is 4.79 Å². The van der Waals surface area contributed by atoms with Crippen molar-refractivity contribution < 1.29 is 28.5 Å². The smallest absolute Gasteiger partial charge is 0.271 e. The fraction of sp³-hybridized carbons (Fsp3) is 0.263. The Kier molecular flexibility index (Phi) is 5.35. The Morgan fingerprint density at radius 1 is 0.963 bits per heavy atom. The van der Waals surface area contributed by atoms with Gasteiger partial charge in [-0.05, 0) is 37.3 Å². The van der Waals surface area contributed by atoms with Gasteiger partial charge in [0, 0.05) is 11.1 Å². The topological polar surface area (TPSA) is 87.6 Å². The molecule has 0 aliphatic carbocycles. The van der Waals surface area contributed by atoms with Crippen molar-refractivity contribution in [3.63, 3.8) is 0 Å². The van der Waals surface area contributed by atoms with Gasteiger partial charge in [-0.25, -0.2) is 5.43 Å². The van der Waals surface area contributed by atoms with E-state index in [1.165, 1.54) is 21.3 Å². The molecule has 0 saturated carbocycles. The number of fused-ring (bicyclic) bond motifs is 1. The zero-order valence-electron chi connectivity index (χ0n) is 15.5. The van der Waals surface area contributed by atoms with E-state index in [2.05, 4.69) is 10.5 Å². The summed E-state index contributed by atoms with van der Waals surface area (Å²) in [5, 5.41) is 4.16. The van der Waals surface area contributed by atoms with E-state index >= 15 is 0 Å². The second kappa shape index (κ2) is 7.86. The molecular formula is C19H20N2O6. The normalized spacial score (nSPS) is 12.5. The van der Waals surface area contributed by atoms with Crippen molar-refractivity contribution in [2.24, 2.45) is 5.10 Å². The molecule has 2 aromatic carbocycles. The Morgan fingerprint density at radius 3 is 2.26 bits per heavy atom. The fourth-order valence-electron chi connectivity index (χ4n) is 2.60. The number of carbonyl (C=O) groups is 1. The molecule has 0 atom stereocenters. The molecule has 0 aromatic heterocycles. The number of rotatable bonds is 6. The van der Waals surface area contributed by atoms with Crippen LogP contribution in [-0.2, 0) is 0 Å². The summed E-state index contributed by atoms with van der Waals surface area (Å²) in [6.07, 6.45) is 0. The number of ether oxygens (including phenoxy) is 5. The molecule has 0 saturated heterocycles. The number of nitrogens with one attached hydrogen (secondary N) is 1. The molecule has 3 rings (SSSR count). The maximum Gasteiger partial charge on any atom is 0.271 e. The quantitative estimate of drug-likeness (QED) is 0.619. The number of hydrazone groups is 1. The zero-order chi connectivity index (χ0) is 19.4. The van der Waals surface area contributed by atoms with Gasteiger partial charge in [0.1, 0.15) is 0 Å². The van der Waals surface area contributed by atoms with Crippen LogP contribution in [0.15, 0.2) is 35.4 Å². The molecular weight excluding hydrogens is 352 g/mol. The highest BCUT2D eigenvalue weighted by Gasteiger charge is 2.17. The van der Waals surface area contributed by atoms with E-state index in [1.54, 1.807) is 25.1 Å². The number of carbonyl (C=O) groups excluding carboxylic acids is 1. The molecule has 0 radical (unpaired) electrons.